The van der Waals surface area contributed by atoms with Gasteiger partial charge in [-0.3, -0.25) is 9.78 Å². The summed E-state index contributed by atoms with van der Waals surface area (Å²) in [7, 11) is 0. The summed E-state index contributed by atoms with van der Waals surface area (Å²) in [6, 6.07) is 12.2. The molecule has 2 aromatic carbocycles. The number of hydrogen-bond donors (Lipinski definition) is 2. The van der Waals surface area contributed by atoms with E-state index < -0.39 is 0 Å². The Balaban J connectivity index is 1.76. The van der Waals surface area contributed by atoms with Gasteiger partial charge in [0.1, 0.15) is 0 Å². The largest absolute Gasteiger partial charge is 0.416 e. The molecular formula is C21H15BrClN5O2. The van der Waals surface area contributed by atoms with Gasteiger partial charge >= 0.3 is 0 Å². The Morgan fingerprint density at radius 1 is 1.13 bits per heavy atom. The maximum Gasteiger partial charge on any atom is 0.256 e. The Labute approximate surface area is 185 Å². The first-order chi connectivity index (χ1) is 14.4. The zero-order valence-electron chi connectivity index (χ0n) is 15.7. The molecule has 0 radical (unpaired) electrons. The lowest BCUT2D eigenvalue weighted by atomic mass is 10.1. The molecule has 0 saturated heterocycles. The predicted octanol–water partition coefficient (Wildman–Crippen LogP) is 5.36. The van der Waals surface area contributed by atoms with Crippen LogP contribution in [-0.4, -0.2) is 21.1 Å². The Kier molecular flexibility index (Phi) is 5.52. The molecule has 2 heterocycles. The van der Waals surface area contributed by atoms with Crippen molar-refractivity contribution in [3.05, 3.63) is 75.5 Å². The van der Waals surface area contributed by atoms with E-state index in [1.54, 1.807) is 48.8 Å². The van der Waals surface area contributed by atoms with E-state index in [4.69, 9.17) is 21.8 Å². The highest BCUT2D eigenvalue weighted by atomic mass is 79.9. The highest BCUT2D eigenvalue weighted by Gasteiger charge is 2.20. The summed E-state index contributed by atoms with van der Waals surface area (Å²) in [5.41, 5.74) is 9.22. The van der Waals surface area contributed by atoms with E-state index in [9.17, 15) is 4.79 Å². The lowest BCUT2D eigenvalue weighted by molar-refractivity contribution is 0.102. The van der Waals surface area contributed by atoms with Crippen LogP contribution in [0.4, 0.5) is 11.4 Å². The molecule has 7 nitrogen and oxygen atoms in total. The summed E-state index contributed by atoms with van der Waals surface area (Å²) in [5, 5.41) is 11.6. The zero-order valence-corrected chi connectivity index (χ0v) is 18.0. The average Bonchev–Trinajstić information content (AvgIpc) is 3.20. The maximum atomic E-state index is 12.9. The number of pyridine rings is 1. The monoisotopic (exact) mass is 483 g/mol. The molecular weight excluding hydrogens is 470 g/mol. The van der Waals surface area contributed by atoms with Crippen molar-refractivity contribution in [2.75, 3.05) is 11.1 Å². The fourth-order valence-electron chi connectivity index (χ4n) is 2.93. The third-order valence-corrected chi connectivity index (χ3v) is 5.31. The van der Waals surface area contributed by atoms with Crippen molar-refractivity contribution in [1.29, 1.82) is 0 Å². The molecule has 30 heavy (non-hydrogen) atoms. The minimum atomic E-state index is -0.287. The van der Waals surface area contributed by atoms with Gasteiger partial charge in [0.25, 0.3) is 11.8 Å². The highest BCUT2D eigenvalue weighted by Crippen LogP contribution is 2.35. The molecule has 0 bridgehead atoms. The number of benzene rings is 2. The van der Waals surface area contributed by atoms with Gasteiger partial charge in [0.15, 0.2) is 0 Å². The van der Waals surface area contributed by atoms with Crippen LogP contribution in [0.1, 0.15) is 15.9 Å². The average molecular weight is 485 g/mol. The van der Waals surface area contributed by atoms with Gasteiger partial charge in [-0.1, -0.05) is 23.7 Å². The van der Waals surface area contributed by atoms with Crippen molar-refractivity contribution in [1.82, 2.24) is 15.2 Å². The molecule has 4 rings (SSSR count). The standard InChI is InChI=1S/C21H15BrClN5O2/c1-11-8-12(23)9-14(18(11)26-19(29)13-4-2-3-5-16(13)22)20-27-28-21(30-20)15-10-25-7-6-17(15)24/h2-10H,1H3,(H2,24,25)(H,26,29). The van der Waals surface area contributed by atoms with Crippen molar-refractivity contribution in [2.45, 2.75) is 6.92 Å². The minimum absolute atomic E-state index is 0.196. The van der Waals surface area contributed by atoms with Gasteiger partial charge in [-0.15, -0.1) is 10.2 Å². The number of amides is 1. The van der Waals surface area contributed by atoms with Crippen molar-refractivity contribution >= 4 is 44.8 Å². The molecule has 0 aliphatic rings. The molecule has 0 aliphatic carbocycles. The number of nitrogen functional groups attached to an aromatic ring is 1. The molecule has 3 N–H and O–H groups in total. The van der Waals surface area contributed by atoms with E-state index >= 15 is 0 Å². The van der Waals surface area contributed by atoms with Gasteiger partial charge in [-0.25, -0.2) is 0 Å². The van der Waals surface area contributed by atoms with Crippen LogP contribution < -0.4 is 11.1 Å². The molecule has 150 valence electrons. The van der Waals surface area contributed by atoms with Crippen LogP contribution in [0.2, 0.25) is 5.02 Å². The molecule has 4 aromatic rings. The quantitative estimate of drug-likeness (QED) is 0.404. The Morgan fingerprint density at radius 3 is 2.60 bits per heavy atom. The van der Waals surface area contributed by atoms with E-state index in [1.165, 1.54) is 0 Å². The molecule has 2 aromatic heterocycles. The van der Waals surface area contributed by atoms with Crippen LogP contribution in [0.3, 0.4) is 0 Å². The molecule has 1 amide bonds. The predicted molar refractivity (Wildman–Crippen MR) is 119 cm³/mol. The maximum absolute atomic E-state index is 12.9. The molecule has 9 heteroatoms. The third kappa shape index (κ3) is 3.92. The minimum Gasteiger partial charge on any atom is -0.416 e. The summed E-state index contributed by atoms with van der Waals surface area (Å²) < 4.78 is 6.52. The molecule has 0 saturated carbocycles. The molecule has 0 fully saturated rings. The number of aryl methyl sites for hydroxylation is 1. The Hall–Kier alpha value is -3.23. The lowest BCUT2D eigenvalue weighted by Gasteiger charge is -2.13. The van der Waals surface area contributed by atoms with Crippen molar-refractivity contribution in [3.8, 4) is 22.9 Å². The van der Waals surface area contributed by atoms with Crippen LogP contribution in [0.5, 0.6) is 0 Å². The number of aromatic nitrogens is 3. The second kappa shape index (κ2) is 8.25. The second-order valence-corrected chi connectivity index (χ2v) is 7.75. The smallest absolute Gasteiger partial charge is 0.256 e. The summed E-state index contributed by atoms with van der Waals surface area (Å²) in [6.45, 7) is 1.83. The second-order valence-electron chi connectivity index (χ2n) is 6.45. The number of carbonyl (C=O) groups is 1. The fraction of sp³-hybridized carbons (Fsp3) is 0.0476. The van der Waals surface area contributed by atoms with Crippen LogP contribution in [0.15, 0.2) is 63.7 Å². The van der Waals surface area contributed by atoms with Crippen molar-refractivity contribution in [3.63, 3.8) is 0 Å². The van der Waals surface area contributed by atoms with E-state index in [0.717, 1.165) is 5.56 Å². The van der Waals surface area contributed by atoms with E-state index in [-0.39, 0.29) is 17.7 Å². The first kappa shape index (κ1) is 20.1. The molecule has 0 atom stereocenters. The summed E-state index contributed by atoms with van der Waals surface area (Å²) in [4.78, 5) is 16.9. The van der Waals surface area contributed by atoms with Gasteiger partial charge < -0.3 is 15.5 Å². The van der Waals surface area contributed by atoms with Crippen LogP contribution in [0, 0.1) is 6.92 Å². The highest BCUT2D eigenvalue weighted by molar-refractivity contribution is 9.10. The number of carbonyl (C=O) groups excluding carboxylic acids is 1. The molecule has 0 unspecified atom stereocenters. The third-order valence-electron chi connectivity index (χ3n) is 4.40. The van der Waals surface area contributed by atoms with Gasteiger partial charge in [0.2, 0.25) is 5.89 Å². The van der Waals surface area contributed by atoms with Gasteiger partial charge in [-0.05, 0) is 58.7 Å². The SMILES string of the molecule is Cc1cc(Cl)cc(-c2nnc(-c3cnccc3N)o2)c1NC(=O)c1ccccc1Br. The first-order valence-electron chi connectivity index (χ1n) is 8.84. The Morgan fingerprint density at radius 2 is 1.87 bits per heavy atom. The van der Waals surface area contributed by atoms with Gasteiger partial charge in [-0.2, -0.15) is 0 Å². The first-order valence-corrected chi connectivity index (χ1v) is 10.0. The normalized spacial score (nSPS) is 10.8. The summed E-state index contributed by atoms with van der Waals surface area (Å²) in [5.74, 6) is 0.128. The van der Waals surface area contributed by atoms with Crippen molar-refractivity contribution in [2.24, 2.45) is 0 Å². The number of nitrogens with zero attached hydrogens (tertiary/aromatic N) is 3. The number of halogens is 2. The fourth-order valence-corrected chi connectivity index (χ4v) is 3.67. The van der Waals surface area contributed by atoms with E-state index in [1.807, 2.05) is 13.0 Å². The van der Waals surface area contributed by atoms with Crippen LogP contribution in [-0.2, 0) is 0 Å². The Bertz CT molecular complexity index is 1260. The lowest BCUT2D eigenvalue weighted by Crippen LogP contribution is -2.14. The van der Waals surface area contributed by atoms with Crippen molar-refractivity contribution < 1.29 is 9.21 Å². The van der Waals surface area contributed by atoms with E-state index in [2.05, 4.69) is 36.4 Å². The number of anilines is 2. The number of hydrogen-bond acceptors (Lipinski definition) is 6. The summed E-state index contributed by atoms with van der Waals surface area (Å²) in [6.07, 6.45) is 3.12. The molecule has 0 aliphatic heterocycles. The van der Waals surface area contributed by atoms with E-state index in [0.29, 0.717) is 37.6 Å². The number of rotatable bonds is 4. The topological polar surface area (TPSA) is 107 Å². The van der Waals surface area contributed by atoms with Gasteiger partial charge in [0.05, 0.1) is 22.4 Å². The summed E-state index contributed by atoms with van der Waals surface area (Å²) >= 11 is 9.66. The van der Waals surface area contributed by atoms with Crippen LogP contribution in [0.25, 0.3) is 22.9 Å². The zero-order chi connectivity index (χ0) is 21.3. The molecule has 0 spiro atoms. The number of nitrogens with one attached hydrogen (secondary N) is 1. The number of nitrogens with two attached hydrogens (primary N) is 1. The van der Waals surface area contributed by atoms with Gasteiger partial charge in [0, 0.05) is 27.6 Å². The van der Waals surface area contributed by atoms with Crippen LogP contribution >= 0.6 is 27.5 Å².